The Morgan fingerprint density at radius 1 is 1.29 bits per heavy atom. The van der Waals surface area contributed by atoms with Crippen molar-refractivity contribution in [1.29, 1.82) is 0 Å². The van der Waals surface area contributed by atoms with Gasteiger partial charge >= 0.3 is 5.97 Å². The molecule has 1 amide bonds. The zero-order valence-corrected chi connectivity index (χ0v) is 15.7. The first-order chi connectivity index (χ1) is 13.5. The van der Waals surface area contributed by atoms with E-state index in [4.69, 9.17) is 14.6 Å². The summed E-state index contributed by atoms with van der Waals surface area (Å²) < 4.78 is 12.8. The molecule has 1 saturated heterocycles. The number of nitrogens with zero attached hydrogens (tertiary/aromatic N) is 3. The fraction of sp³-hybridized carbons (Fsp3) is 0.450. The van der Waals surface area contributed by atoms with Gasteiger partial charge in [0, 0.05) is 19.3 Å². The fourth-order valence-electron chi connectivity index (χ4n) is 3.91. The average molecular weight is 385 g/mol. The first kappa shape index (κ1) is 18.3. The van der Waals surface area contributed by atoms with Crippen LogP contribution in [0, 0.1) is 5.92 Å². The Labute approximate surface area is 162 Å². The molecule has 2 aliphatic rings. The van der Waals surface area contributed by atoms with Gasteiger partial charge in [-0.2, -0.15) is 5.10 Å². The summed E-state index contributed by atoms with van der Waals surface area (Å²) in [5, 5.41) is 13.2. The van der Waals surface area contributed by atoms with Crippen molar-refractivity contribution in [3.05, 3.63) is 41.7 Å². The van der Waals surface area contributed by atoms with Gasteiger partial charge in [-0.1, -0.05) is 0 Å². The Balaban J connectivity index is 1.36. The maximum absolute atomic E-state index is 13.0. The summed E-state index contributed by atoms with van der Waals surface area (Å²) in [5.74, 6) is 0.513. The molecule has 1 aromatic heterocycles. The van der Waals surface area contributed by atoms with Crippen LogP contribution in [0.15, 0.2) is 30.6 Å². The molecule has 1 fully saturated rings. The van der Waals surface area contributed by atoms with Crippen molar-refractivity contribution in [2.45, 2.75) is 25.3 Å². The van der Waals surface area contributed by atoms with E-state index in [0.29, 0.717) is 26.1 Å². The minimum atomic E-state index is -0.979. The van der Waals surface area contributed by atoms with Gasteiger partial charge in [0.25, 0.3) is 0 Å². The molecule has 1 unspecified atom stereocenters. The predicted octanol–water partition coefficient (Wildman–Crippen LogP) is 2.00. The Kier molecular flexibility index (Phi) is 4.93. The van der Waals surface area contributed by atoms with Gasteiger partial charge in [-0.05, 0) is 43.0 Å². The van der Waals surface area contributed by atoms with E-state index in [0.717, 1.165) is 29.9 Å². The van der Waals surface area contributed by atoms with E-state index < -0.39 is 5.97 Å². The standard InChI is InChI=1S/C20H23N3O5/c1-27-17-2-3-18-13(9-17)8-14(12-28-18)19(24)22-6-4-16(5-7-22)23-11-15(10-21-23)20(25)26/h2-3,9-11,14,16H,4-8,12H2,1H3,(H,25,26). The molecule has 4 rings (SSSR count). The van der Waals surface area contributed by atoms with Crippen molar-refractivity contribution >= 4 is 11.9 Å². The molecule has 8 nitrogen and oxygen atoms in total. The van der Waals surface area contributed by atoms with Gasteiger partial charge in [-0.15, -0.1) is 0 Å². The van der Waals surface area contributed by atoms with Gasteiger partial charge in [-0.25, -0.2) is 4.79 Å². The number of benzene rings is 1. The van der Waals surface area contributed by atoms with Gasteiger partial charge in [0.05, 0.1) is 30.8 Å². The number of amides is 1. The lowest BCUT2D eigenvalue weighted by molar-refractivity contribution is -0.138. The number of likely N-dealkylation sites (tertiary alicyclic amines) is 1. The molecule has 148 valence electrons. The van der Waals surface area contributed by atoms with Gasteiger partial charge in [0.15, 0.2) is 0 Å². The summed E-state index contributed by atoms with van der Waals surface area (Å²) in [6.07, 6.45) is 5.08. The molecule has 28 heavy (non-hydrogen) atoms. The van der Waals surface area contributed by atoms with E-state index in [2.05, 4.69) is 5.10 Å². The molecule has 0 bridgehead atoms. The van der Waals surface area contributed by atoms with Gasteiger partial charge in [0.2, 0.25) is 5.91 Å². The van der Waals surface area contributed by atoms with Crippen molar-refractivity contribution in [1.82, 2.24) is 14.7 Å². The maximum Gasteiger partial charge on any atom is 0.338 e. The van der Waals surface area contributed by atoms with Crippen molar-refractivity contribution < 1.29 is 24.2 Å². The van der Waals surface area contributed by atoms with E-state index in [1.807, 2.05) is 23.1 Å². The van der Waals surface area contributed by atoms with Gasteiger partial charge < -0.3 is 19.5 Å². The zero-order chi connectivity index (χ0) is 19.7. The Morgan fingerprint density at radius 2 is 2.07 bits per heavy atom. The van der Waals surface area contributed by atoms with Crippen molar-refractivity contribution in [3.8, 4) is 11.5 Å². The monoisotopic (exact) mass is 385 g/mol. The second kappa shape index (κ2) is 7.53. The first-order valence-corrected chi connectivity index (χ1v) is 9.41. The summed E-state index contributed by atoms with van der Waals surface area (Å²) >= 11 is 0. The molecule has 1 N–H and O–H groups in total. The van der Waals surface area contributed by atoms with E-state index in [1.165, 1.54) is 6.20 Å². The van der Waals surface area contributed by atoms with Crippen LogP contribution < -0.4 is 9.47 Å². The number of carbonyl (C=O) groups excluding carboxylic acids is 1. The number of carbonyl (C=O) groups is 2. The Bertz CT molecular complexity index is 886. The SMILES string of the molecule is COc1ccc2c(c1)CC(C(=O)N1CCC(n3cc(C(=O)O)cn3)CC1)CO2. The summed E-state index contributed by atoms with van der Waals surface area (Å²) in [4.78, 5) is 25.9. The van der Waals surface area contributed by atoms with Crippen molar-refractivity contribution in [2.75, 3.05) is 26.8 Å². The largest absolute Gasteiger partial charge is 0.497 e. The molecule has 0 spiro atoms. The number of ether oxygens (including phenoxy) is 2. The minimum Gasteiger partial charge on any atom is -0.497 e. The topological polar surface area (TPSA) is 93.9 Å². The molecule has 1 atom stereocenters. The molecular weight excluding hydrogens is 362 g/mol. The van der Waals surface area contributed by atoms with Crippen LogP contribution in [0.2, 0.25) is 0 Å². The van der Waals surface area contributed by atoms with Crippen LogP contribution in [-0.4, -0.2) is 58.5 Å². The molecule has 0 aliphatic carbocycles. The van der Waals surface area contributed by atoms with Crippen LogP contribution >= 0.6 is 0 Å². The fourth-order valence-corrected chi connectivity index (χ4v) is 3.91. The van der Waals surface area contributed by atoms with E-state index in [9.17, 15) is 9.59 Å². The quantitative estimate of drug-likeness (QED) is 0.865. The number of rotatable bonds is 4. The highest BCUT2D eigenvalue weighted by Crippen LogP contribution is 2.32. The average Bonchev–Trinajstić information content (AvgIpc) is 3.23. The molecule has 8 heteroatoms. The number of carboxylic acids is 1. The second-order valence-electron chi connectivity index (χ2n) is 7.26. The smallest absolute Gasteiger partial charge is 0.338 e. The molecule has 1 aromatic carbocycles. The Morgan fingerprint density at radius 3 is 2.75 bits per heavy atom. The third-order valence-corrected chi connectivity index (χ3v) is 5.52. The van der Waals surface area contributed by atoms with Crippen LogP contribution in [0.5, 0.6) is 11.5 Å². The normalized spacial score (nSPS) is 19.6. The number of fused-ring (bicyclic) bond motifs is 1. The third-order valence-electron chi connectivity index (χ3n) is 5.52. The summed E-state index contributed by atoms with van der Waals surface area (Å²) in [6, 6.07) is 5.79. The van der Waals surface area contributed by atoms with Gasteiger partial charge in [0.1, 0.15) is 18.1 Å². The molecule has 0 radical (unpaired) electrons. The number of piperidine rings is 1. The van der Waals surface area contributed by atoms with E-state index in [-0.39, 0.29) is 23.4 Å². The van der Waals surface area contributed by atoms with Crippen LogP contribution in [-0.2, 0) is 11.2 Å². The minimum absolute atomic E-state index is 0.110. The van der Waals surface area contributed by atoms with Crippen LogP contribution in [0.4, 0.5) is 0 Å². The number of aromatic carboxylic acids is 1. The lowest BCUT2D eigenvalue weighted by atomic mass is 9.94. The molecular formula is C20H23N3O5. The molecule has 3 heterocycles. The number of aromatic nitrogens is 2. The highest BCUT2D eigenvalue weighted by Gasteiger charge is 2.32. The van der Waals surface area contributed by atoms with E-state index in [1.54, 1.807) is 18.0 Å². The highest BCUT2D eigenvalue weighted by molar-refractivity contribution is 5.86. The van der Waals surface area contributed by atoms with Crippen LogP contribution in [0.1, 0.15) is 34.8 Å². The number of methoxy groups -OCH3 is 1. The third kappa shape index (κ3) is 3.54. The second-order valence-corrected chi connectivity index (χ2v) is 7.26. The predicted molar refractivity (Wildman–Crippen MR) is 99.7 cm³/mol. The lowest BCUT2D eigenvalue weighted by Crippen LogP contribution is -2.45. The first-order valence-electron chi connectivity index (χ1n) is 9.41. The number of hydrogen-bond donors (Lipinski definition) is 1. The highest BCUT2D eigenvalue weighted by atomic mass is 16.5. The summed E-state index contributed by atoms with van der Waals surface area (Å²) in [6.45, 7) is 1.65. The molecule has 2 aliphatic heterocycles. The van der Waals surface area contributed by atoms with Crippen LogP contribution in [0.25, 0.3) is 0 Å². The zero-order valence-electron chi connectivity index (χ0n) is 15.7. The summed E-state index contributed by atoms with van der Waals surface area (Å²) in [7, 11) is 1.62. The number of carboxylic acid groups (broad SMARTS) is 1. The number of hydrogen-bond acceptors (Lipinski definition) is 5. The maximum atomic E-state index is 13.0. The van der Waals surface area contributed by atoms with E-state index >= 15 is 0 Å². The summed E-state index contributed by atoms with van der Waals surface area (Å²) in [5.41, 5.74) is 1.18. The van der Waals surface area contributed by atoms with Crippen molar-refractivity contribution in [3.63, 3.8) is 0 Å². The van der Waals surface area contributed by atoms with Crippen molar-refractivity contribution in [2.24, 2.45) is 5.92 Å². The lowest BCUT2D eigenvalue weighted by Gasteiger charge is -2.35. The van der Waals surface area contributed by atoms with Crippen LogP contribution in [0.3, 0.4) is 0 Å². The van der Waals surface area contributed by atoms with Gasteiger partial charge in [-0.3, -0.25) is 9.48 Å². The molecule has 0 saturated carbocycles. The Hall–Kier alpha value is -3.03. The molecule has 2 aromatic rings.